The topological polar surface area (TPSA) is 43.8 Å². The molecule has 1 aliphatic carbocycles. The fourth-order valence-electron chi connectivity index (χ4n) is 2.30. The van der Waals surface area contributed by atoms with Gasteiger partial charge in [0.15, 0.2) is 0 Å². The molecule has 1 saturated carbocycles. The van der Waals surface area contributed by atoms with E-state index >= 15 is 0 Å². The first-order valence-electron chi connectivity index (χ1n) is 6.28. The van der Waals surface area contributed by atoms with Crippen LogP contribution >= 0.6 is 15.9 Å². The normalized spacial score (nSPS) is 20.7. The zero-order valence-corrected chi connectivity index (χ0v) is 12.1. The van der Waals surface area contributed by atoms with Gasteiger partial charge in [-0.1, -0.05) is 12.5 Å². The summed E-state index contributed by atoms with van der Waals surface area (Å²) < 4.78 is 3.11. The van der Waals surface area contributed by atoms with Crippen LogP contribution in [0.1, 0.15) is 44.0 Å². The summed E-state index contributed by atoms with van der Waals surface area (Å²) in [4.78, 5) is 0. The molecule has 1 fully saturated rings. The van der Waals surface area contributed by atoms with E-state index in [1.165, 1.54) is 11.3 Å². The lowest BCUT2D eigenvalue weighted by molar-refractivity contribution is 0.514. The summed E-state index contributed by atoms with van der Waals surface area (Å²) in [5, 5.41) is 4.51. The number of allylic oxidation sites excluding steroid dienone is 1. The van der Waals surface area contributed by atoms with Crippen molar-refractivity contribution in [2.24, 2.45) is 12.8 Å². The molecule has 4 heteroatoms. The molecule has 2 N–H and O–H groups in total. The number of nitrogens with zero attached hydrogens (tertiary/aromatic N) is 2. The Balaban J connectivity index is 2.23. The van der Waals surface area contributed by atoms with Gasteiger partial charge in [0, 0.05) is 13.1 Å². The van der Waals surface area contributed by atoms with Crippen LogP contribution in [0.4, 0.5) is 0 Å². The SMILES string of the molecule is CCc1nn(C)c(C=C2CCC(N)CC2)c1Br. The summed E-state index contributed by atoms with van der Waals surface area (Å²) in [6.45, 7) is 2.13. The van der Waals surface area contributed by atoms with E-state index in [1.54, 1.807) is 0 Å². The van der Waals surface area contributed by atoms with E-state index in [-0.39, 0.29) is 0 Å². The molecule has 1 aliphatic rings. The van der Waals surface area contributed by atoms with E-state index in [4.69, 9.17) is 5.73 Å². The fraction of sp³-hybridized carbons (Fsp3) is 0.615. The lowest BCUT2D eigenvalue weighted by Crippen LogP contribution is -2.23. The van der Waals surface area contributed by atoms with Gasteiger partial charge in [-0.05, 0) is 54.1 Å². The van der Waals surface area contributed by atoms with Gasteiger partial charge >= 0.3 is 0 Å². The standard InChI is InChI=1S/C13H20BrN3/c1-3-11-13(14)12(17(2)16-11)8-9-4-6-10(15)7-5-9/h8,10H,3-7,15H2,1-2H3. The Morgan fingerprint density at radius 1 is 1.47 bits per heavy atom. The maximum atomic E-state index is 5.92. The lowest BCUT2D eigenvalue weighted by atomic mass is 9.91. The van der Waals surface area contributed by atoms with Crippen LogP contribution in [0.25, 0.3) is 6.08 Å². The third-order valence-electron chi connectivity index (χ3n) is 3.45. The van der Waals surface area contributed by atoms with E-state index < -0.39 is 0 Å². The number of nitrogens with two attached hydrogens (primary N) is 1. The average Bonchev–Trinajstić information content (AvgIpc) is 2.59. The molecule has 0 amide bonds. The molecule has 0 atom stereocenters. The number of aryl methyl sites for hydroxylation is 2. The molecule has 17 heavy (non-hydrogen) atoms. The summed E-state index contributed by atoms with van der Waals surface area (Å²) in [5.41, 5.74) is 9.74. The number of aromatic nitrogens is 2. The van der Waals surface area contributed by atoms with Gasteiger partial charge in [-0.3, -0.25) is 4.68 Å². The summed E-state index contributed by atoms with van der Waals surface area (Å²) >= 11 is 3.65. The average molecular weight is 298 g/mol. The first kappa shape index (κ1) is 12.8. The van der Waals surface area contributed by atoms with Crippen LogP contribution in [0.2, 0.25) is 0 Å². The van der Waals surface area contributed by atoms with Crippen molar-refractivity contribution in [2.75, 3.05) is 0 Å². The number of hydrogen-bond donors (Lipinski definition) is 1. The Hall–Kier alpha value is -0.610. The van der Waals surface area contributed by atoms with Gasteiger partial charge in [0.05, 0.1) is 15.9 Å². The van der Waals surface area contributed by atoms with Gasteiger partial charge in [0.1, 0.15) is 0 Å². The molecule has 1 aromatic heterocycles. The highest BCUT2D eigenvalue weighted by Crippen LogP contribution is 2.28. The highest BCUT2D eigenvalue weighted by Gasteiger charge is 2.15. The molecule has 0 spiro atoms. The van der Waals surface area contributed by atoms with Crippen molar-refractivity contribution in [3.63, 3.8) is 0 Å². The highest BCUT2D eigenvalue weighted by atomic mass is 79.9. The largest absolute Gasteiger partial charge is 0.328 e. The van der Waals surface area contributed by atoms with E-state index in [0.717, 1.165) is 42.3 Å². The van der Waals surface area contributed by atoms with Gasteiger partial charge < -0.3 is 5.73 Å². The zero-order valence-electron chi connectivity index (χ0n) is 10.5. The maximum Gasteiger partial charge on any atom is 0.0770 e. The van der Waals surface area contributed by atoms with Crippen molar-refractivity contribution in [2.45, 2.75) is 45.1 Å². The summed E-state index contributed by atoms with van der Waals surface area (Å²) in [7, 11) is 2.00. The molecular weight excluding hydrogens is 278 g/mol. The molecule has 1 aromatic rings. The molecule has 0 radical (unpaired) electrons. The summed E-state index contributed by atoms with van der Waals surface area (Å²) in [6.07, 6.45) is 7.72. The van der Waals surface area contributed by atoms with Crippen LogP contribution in [0, 0.1) is 0 Å². The fourth-order valence-corrected chi connectivity index (χ4v) is 3.03. The van der Waals surface area contributed by atoms with Crippen molar-refractivity contribution in [1.82, 2.24) is 9.78 Å². The minimum atomic E-state index is 0.397. The quantitative estimate of drug-likeness (QED) is 0.912. The summed E-state index contributed by atoms with van der Waals surface area (Å²) in [6, 6.07) is 0.397. The second-order valence-electron chi connectivity index (χ2n) is 4.76. The highest BCUT2D eigenvalue weighted by molar-refractivity contribution is 9.10. The van der Waals surface area contributed by atoms with Gasteiger partial charge in [0.25, 0.3) is 0 Å². The Labute approximate surface area is 111 Å². The minimum Gasteiger partial charge on any atom is -0.328 e. The van der Waals surface area contributed by atoms with Gasteiger partial charge in [0.2, 0.25) is 0 Å². The van der Waals surface area contributed by atoms with Crippen LogP contribution in [0.15, 0.2) is 10.0 Å². The van der Waals surface area contributed by atoms with Crippen molar-refractivity contribution in [3.8, 4) is 0 Å². The molecule has 3 nitrogen and oxygen atoms in total. The Morgan fingerprint density at radius 3 is 2.65 bits per heavy atom. The predicted octanol–water partition coefficient (Wildman–Crippen LogP) is 3.03. The molecule has 94 valence electrons. The second kappa shape index (κ2) is 5.36. The second-order valence-corrected chi connectivity index (χ2v) is 5.56. The van der Waals surface area contributed by atoms with E-state index in [0.29, 0.717) is 6.04 Å². The lowest BCUT2D eigenvalue weighted by Gasteiger charge is -2.20. The van der Waals surface area contributed by atoms with Crippen molar-refractivity contribution in [1.29, 1.82) is 0 Å². The number of rotatable bonds is 2. The first-order chi connectivity index (χ1) is 8.11. The molecule has 2 rings (SSSR count). The number of halogens is 1. The molecule has 0 bridgehead atoms. The molecule has 0 aliphatic heterocycles. The van der Waals surface area contributed by atoms with E-state index in [2.05, 4.69) is 34.0 Å². The van der Waals surface area contributed by atoms with Crippen LogP contribution in [0.5, 0.6) is 0 Å². The summed E-state index contributed by atoms with van der Waals surface area (Å²) in [5.74, 6) is 0. The predicted molar refractivity (Wildman–Crippen MR) is 74.7 cm³/mol. The van der Waals surface area contributed by atoms with Crippen molar-refractivity contribution >= 4 is 22.0 Å². The molecule has 1 heterocycles. The Morgan fingerprint density at radius 2 is 2.12 bits per heavy atom. The van der Waals surface area contributed by atoms with E-state index in [1.807, 2.05) is 11.7 Å². The Bertz CT molecular complexity index is 424. The molecule has 0 saturated heterocycles. The zero-order chi connectivity index (χ0) is 12.4. The van der Waals surface area contributed by atoms with Crippen molar-refractivity contribution < 1.29 is 0 Å². The molecular formula is C13H20BrN3. The monoisotopic (exact) mass is 297 g/mol. The first-order valence-corrected chi connectivity index (χ1v) is 7.07. The van der Waals surface area contributed by atoms with Gasteiger partial charge in [-0.25, -0.2) is 0 Å². The molecule has 0 aromatic carbocycles. The van der Waals surface area contributed by atoms with Crippen LogP contribution in [-0.4, -0.2) is 15.8 Å². The number of hydrogen-bond acceptors (Lipinski definition) is 2. The van der Waals surface area contributed by atoms with Crippen molar-refractivity contribution in [3.05, 3.63) is 21.4 Å². The third kappa shape index (κ3) is 2.80. The van der Waals surface area contributed by atoms with Crippen LogP contribution in [0.3, 0.4) is 0 Å². The Kier molecular flexibility index (Phi) is 4.05. The van der Waals surface area contributed by atoms with Gasteiger partial charge in [-0.15, -0.1) is 0 Å². The maximum absolute atomic E-state index is 5.92. The van der Waals surface area contributed by atoms with Crippen LogP contribution < -0.4 is 5.73 Å². The third-order valence-corrected chi connectivity index (χ3v) is 4.31. The van der Waals surface area contributed by atoms with Gasteiger partial charge in [-0.2, -0.15) is 5.10 Å². The van der Waals surface area contributed by atoms with Crippen LogP contribution in [-0.2, 0) is 13.5 Å². The smallest absolute Gasteiger partial charge is 0.0770 e. The van der Waals surface area contributed by atoms with E-state index in [9.17, 15) is 0 Å². The molecule has 0 unspecified atom stereocenters. The minimum absolute atomic E-state index is 0.397.